The van der Waals surface area contributed by atoms with E-state index in [0.29, 0.717) is 36.0 Å². The molecule has 0 spiro atoms. The van der Waals surface area contributed by atoms with E-state index in [9.17, 15) is 9.59 Å². The normalized spacial score (nSPS) is 15.7. The van der Waals surface area contributed by atoms with Crippen molar-refractivity contribution in [1.82, 2.24) is 4.57 Å². The van der Waals surface area contributed by atoms with Crippen LogP contribution in [0.5, 0.6) is 23.0 Å². The van der Waals surface area contributed by atoms with Gasteiger partial charge in [-0.3, -0.25) is 9.59 Å². The maximum Gasteiger partial charge on any atom is 0.318 e. The van der Waals surface area contributed by atoms with Crippen LogP contribution >= 0.6 is 0 Å². The standard InChI is InChI=1S/C31H27NO6/c1-19-15-24(20(2)32(19)16-21-17-35-28-13-7-8-14-29(28)37-21)25(33)18-36-31(34)30-22-9-3-5-11-26(22)38-27-12-6-4-10-23(27)30/h3-15,21,30H,16-18H2,1-2H3/t21-/m0/s1. The molecule has 7 nitrogen and oxygen atoms in total. The number of carbonyl (C=O) groups excluding carboxylic acids is 2. The summed E-state index contributed by atoms with van der Waals surface area (Å²) in [5.74, 6) is 1.27. The van der Waals surface area contributed by atoms with Gasteiger partial charge >= 0.3 is 5.97 Å². The van der Waals surface area contributed by atoms with Crippen molar-refractivity contribution in [2.24, 2.45) is 0 Å². The number of Topliss-reactive ketones (excluding diaryl/α,β-unsaturated/α-hetero) is 1. The molecule has 2 aliphatic heterocycles. The van der Waals surface area contributed by atoms with Crippen molar-refractivity contribution < 1.29 is 28.5 Å². The number of rotatable bonds is 6. The molecule has 0 saturated carbocycles. The molecule has 0 saturated heterocycles. The molecule has 3 heterocycles. The van der Waals surface area contributed by atoms with Gasteiger partial charge in [0.25, 0.3) is 0 Å². The summed E-state index contributed by atoms with van der Waals surface area (Å²) < 4.78 is 25.6. The number of ketones is 1. The lowest BCUT2D eigenvalue weighted by molar-refractivity contribution is -0.143. The highest BCUT2D eigenvalue weighted by Gasteiger charge is 2.34. The first kappa shape index (κ1) is 23.9. The monoisotopic (exact) mass is 509 g/mol. The van der Waals surface area contributed by atoms with Gasteiger partial charge in [0.05, 0.1) is 6.54 Å². The van der Waals surface area contributed by atoms with E-state index < -0.39 is 11.9 Å². The van der Waals surface area contributed by atoms with Gasteiger partial charge in [-0.2, -0.15) is 0 Å². The number of aromatic nitrogens is 1. The average molecular weight is 510 g/mol. The van der Waals surface area contributed by atoms with E-state index in [1.54, 1.807) is 0 Å². The Morgan fingerprint density at radius 2 is 1.47 bits per heavy atom. The molecule has 0 unspecified atom stereocenters. The molecular weight excluding hydrogens is 482 g/mol. The zero-order valence-corrected chi connectivity index (χ0v) is 21.2. The third-order valence-corrected chi connectivity index (χ3v) is 7.09. The second-order valence-electron chi connectivity index (χ2n) is 9.53. The fraction of sp³-hybridized carbons (Fsp3) is 0.226. The minimum atomic E-state index is -0.664. The van der Waals surface area contributed by atoms with Crippen LogP contribution in [0.1, 0.15) is 38.8 Å². The van der Waals surface area contributed by atoms with E-state index in [4.69, 9.17) is 18.9 Å². The summed E-state index contributed by atoms with van der Waals surface area (Å²) in [7, 11) is 0. The molecule has 0 fully saturated rings. The molecule has 192 valence electrons. The van der Waals surface area contributed by atoms with Crippen molar-refractivity contribution >= 4 is 11.8 Å². The highest BCUT2D eigenvalue weighted by molar-refractivity contribution is 5.99. The third kappa shape index (κ3) is 4.30. The molecule has 0 amide bonds. The van der Waals surface area contributed by atoms with Crippen LogP contribution in [0.25, 0.3) is 0 Å². The number of para-hydroxylation sites is 4. The van der Waals surface area contributed by atoms with Crippen LogP contribution in [-0.2, 0) is 16.1 Å². The predicted octanol–water partition coefficient (Wildman–Crippen LogP) is 5.61. The molecule has 6 rings (SSSR count). The second-order valence-corrected chi connectivity index (χ2v) is 9.53. The van der Waals surface area contributed by atoms with E-state index in [2.05, 4.69) is 0 Å². The highest BCUT2D eigenvalue weighted by atomic mass is 16.6. The summed E-state index contributed by atoms with van der Waals surface area (Å²) in [5.41, 5.74) is 3.69. The number of aryl methyl sites for hydroxylation is 1. The Morgan fingerprint density at radius 1 is 0.868 bits per heavy atom. The lowest BCUT2D eigenvalue weighted by Gasteiger charge is -2.27. The Labute approximate surface area is 220 Å². The first-order valence-electron chi connectivity index (χ1n) is 12.6. The summed E-state index contributed by atoms with van der Waals surface area (Å²) in [5, 5.41) is 0. The topological polar surface area (TPSA) is 76.0 Å². The molecular formula is C31H27NO6. The predicted molar refractivity (Wildman–Crippen MR) is 140 cm³/mol. The maximum atomic E-state index is 13.3. The molecule has 38 heavy (non-hydrogen) atoms. The van der Waals surface area contributed by atoms with Gasteiger partial charge in [-0.05, 0) is 44.2 Å². The molecule has 7 heteroatoms. The minimum absolute atomic E-state index is 0.191. The highest BCUT2D eigenvalue weighted by Crippen LogP contribution is 2.44. The van der Waals surface area contributed by atoms with Gasteiger partial charge in [0.15, 0.2) is 24.2 Å². The van der Waals surface area contributed by atoms with E-state index in [-0.39, 0.29) is 18.5 Å². The van der Waals surface area contributed by atoms with Crippen molar-refractivity contribution in [3.63, 3.8) is 0 Å². The number of benzene rings is 3. The van der Waals surface area contributed by atoms with Crippen LogP contribution in [0, 0.1) is 13.8 Å². The van der Waals surface area contributed by atoms with Gasteiger partial charge in [-0.1, -0.05) is 48.5 Å². The van der Waals surface area contributed by atoms with Crippen LogP contribution in [0.15, 0.2) is 78.9 Å². The molecule has 4 aromatic rings. The largest absolute Gasteiger partial charge is 0.486 e. The van der Waals surface area contributed by atoms with Crippen LogP contribution in [-0.4, -0.2) is 35.6 Å². The Balaban J connectivity index is 1.16. The summed E-state index contributed by atoms with van der Waals surface area (Å²) in [6, 6.07) is 24.2. The number of carbonyl (C=O) groups is 2. The number of fused-ring (bicyclic) bond motifs is 3. The van der Waals surface area contributed by atoms with Crippen LogP contribution in [0.3, 0.4) is 0 Å². The van der Waals surface area contributed by atoms with Crippen molar-refractivity contribution in [2.75, 3.05) is 13.2 Å². The van der Waals surface area contributed by atoms with Crippen LogP contribution in [0.4, 0.5) is 0 Å². The van der Waals surface area contributed by atoms with E-state index >= 15 is 0 Å². The molecule has 2 aliphatic rings. The smallest absolute Gasteiger partial charge is 0.318 e. The van der Waals surface area contributed by atoms with Gasteiger partial charge in [0, 0.05) is 28.1 Å². The van der Waals surface area contributed by atoms with E-state index in [1.807, 2.05) is 97.3 Å². The summed E-state index contributed by atoms with van der Waals surface area (Å²) in [6.07, 6.45) is -0.191. The van der Waals surface area contributed by atoms with Crippen molar-refractivity contribution in [2.45, 2.75) is 32.4 Å². The zero-order valence-electron chi connectivity index (χ0n) is 21.2. The second kappa shape index (κ2) is 9.74. The Bertz CT molecular complexity index is 1490. The SMILES string of the molecule is Cc1cc(C(=O)COC(=O)C2c3ccccc3Oc3ccccc32)c(C)n1C[C@H]1COc2ccccc2O1. The summed E-state index contributed by atoms with van der Waals surface area (Å²) in [6.45, 7) is 4.45. The van der Waals surface area contributed by atoms with Gasteiger partial charge < -0.3 is 23.5 Å². The fourth-order valence-corrected chi connectivity index (χ4v) is 5.18. The first-order valence-corrected chi connectivity index (χ1v) is 12.6. The van der Waals surface area contributed by atoms with E-state index in [1.165, 1.54) is 0 Å². The molecule has 0 aliphatic carbocycles. The number of hydrogen-bond acceptors (Lipinski definition) is 6. The minimum Gasteiger partial charge on any atom is -0.486 e. The van der Waals surface area contributed by atoms with Gasteiger partial charge in [0.2, 0.25) is 5.78 Å². The Hall–Kier alpha value is -4.52. The lowest BCUT2D eigenvalue weighted by atomic mass is 9.88. The molecule has 0 bridgehead atoms. The van der Waals surface area contributed by atoms with Gasteiger partial charge in [-0.15, -0.1) is 0 Å². The summed E-state index contributed by atoms with van der Waals surface area (Å²) in [4.78, 5) is 26.5. The average Bonchev–Trinajstić information content (AvgIpc) is 3.22. The maximum absolute atomic E-state index is 13.3. The zero-order chi connectivity index (χ0) is 26.2. The Morgan fingerprint density at radius 3 is 2.16 bits per heavy atom. The summed E-state index contributed by atoms with van der Waals surface area (Å²) >= 11 is 0. The van der Waals surface area contributed by atoms with Crippen molar-refractivity contribution in [3.8, 4) is 23.0 Å². The van der Waals surface area contributed by atoms with Crippen molar-refractivity contribution in [3.05, 3.63) is 107 Å². The van der Waals surface area contributed by atoms with Gasteiger partial charge in [0.1, 0.15) is 24.0 Å². The van der Waals surface area contributed by atoms with Crippen molar-refractivity contribution in [1.29, 1.82) is 0 Å². The number of ether oxygens (including phenoxy) is 4. The lowest BCUT2D eigenvalue weighted by Crippen LogP contribution is -2.33. The molecule has 0 radical (unpaired) electrons. The number of esters is 1. The molecule has 1 atom stereocenters. The molecule has 3 aromatic carbocycles. The number of hydrogen-bond donors (Lipinski definition) is 0. The molecule has 1 aromatic heterocycles. The van der Waals surface area contributed by atoms with Crippen LogP contribution < -0.4 is 14.2 Å². The quantitative estimate of drug-likeness (QED) is 0.249. The number of nitrogens with zero attached hydrogens (tertiary/aromatic N) is 1. The Kier molecular flexibility index (Phi) is 6.12. The third-order valence-electron chi connectivity index (χ3n) is 7.09. The van der Waals surface area contributed by atoms with Gasteiger partial charge in [-0.25, -0.2) is 0 Å². The fourth-order valence-electron chi connectivity index (χ4n) is 5.18. The first-order chi connectivity index (χ1) is 18.5. The van der Waals surface area contributed by atoms with E-state index in [0.717, 1.165) is 28.3 Å². The molecule has 0 N–H and O–H groups in total. The van der Waals surface area contributed by atoms with Crippen LogP contribution in [0.2, 0.25) is 0 Å².